The molecule has 1 atom stereocenters. The molecule has 0 spiro atoms. The Balaban J connectivity index is 1.35. The van der Waals surface area contributed by atoms with Crippen LogP contribution in [0.1, 0.15) is 35.2 Å². The van der Waals surface area contributed by atoms with Crippen LogP contribution in [0.4, 0.5) is 0 Å². The van der Waals surface area contributed by atoms with Gasteiger partial charge in [0.2, 0.25) is 0 Å². The van der Waals surface area contributed by atoms with Crippen molar-refractivity contribution in [1.29, 1.82) is 0 Å². The number of carbonyl (C=O) groups excluding carboxylic acids is 2. The van der Waals surface area contributed by atoms with E-state index in [0.29, 0.717) is 30.0 Å². The number of ketones is 1. The highest BCUT2D eigenvalue weighted by molar-refractivity contribution is 7.22. The Labute approximate surface area is 238 Å². The molecule has 7 nitrogen and oxygen atoms in total. The summed E-state index contributed by atoms with van der Waals surface area (Å²) in [6, 6.07) is 20.6. The molecule has 1 fully saturated rings. The fourth-order valence-corrected chi connectivity index (χ4v) is 6.40. The van der Waals surface area contributed by atoms with Crippen molar-refractivity contribution >= 4 is 33.2 Å². The van der Waals surface area contributed by atoms with Crippen molar-refractivity contribution in [2.24, 2.45) is 0 Å². The number of likely N-dealkylation sites (tertiary alicyclic amines) is 1. The van der Waals surface area contributed by atoms with Gasteiger partial charge in [-0.25, -0.2) is 0 Å². The normalized spacial score (nSPS) is 15.5. The third-order valence-corrected chi connectivity index (χ3v) is 8.53. The molecule has 2 heterocycles. The zero-order valence-electron chi connectivity index (χ0n) is 23.0. The molecule has 5 rings (SSSR count). The Morgan fingerprint density at radius 3 is 2.27 bits per heavy atom. The Morgan fingerprint density at radius 2 is 1.57 bits per heavy atom. The second-order valence-corrected chi connectivity index (χ2v) is 10.7. The highest BCUT2D eigenvalue weighted by Crippen LogP contribution is 2.41. The monoisotopic (exact) mass is 559 g/mol. The van der Waals surface area contributed by atoms with E-state index in [4.69, 9.17) is 18.9 Å². The van der Waals surface area contributed by atoms with Gasteiger partial charge in [-0.15, -0.1) is 11.3 Å². The van der Waals surface area contributed by atoms with Gasteiger partial charge in [0.15, 0.2) is 5.78 Å². The van der Waals surface area contributed by atoms with Crippen LogP contribution in [0.5, 0.6) is 17.2 Å². The van der Waals surface area contributed by atoms with Gasteiger partial charge in [-0.2, -0.15) is 0 Å². The van der Waals surface area contributed by atoms with Gasteiger partial charge in [0, 0.05) is 32.6 Å². The summed E-state index contributed by atoms with van der Waals surface area (Å²) in [4.78, 5) is 29.1. The zero-order valence-corrected chi connectivity index (χ0v) is 23.8. The van der Waals surface area contributed by atoms with E-state index in [9.17, 15) is 9.59 Å². The van der Waals surface area contributed by atoms with Crippen molar-refractivity contribution in [3.05, 3.63) is 77.9 Å². The summed E-state index contributed by atoms with van der Waals surface area (Å²) < 4.78 is 22.7. The zero-order chi connectivity index (χ0) is 28.1. The van der Waals surface area contributed by atoms with Crippen LogP contribution in [-0.4, -0.2) is 63.7 Å². The molecule has 1 aliphatic rings. The van der Waals surface area contributed by atoms with Crippen LogP contribution >= 0.6 is 11.3 Å². The summed E-state index contributed by atoms with van der Waals surface area (Å²) in [5.41, 5.74) is 2.20. The maximum atomic E-state index is 13.9. The molecule has 0 amide bonds. The molecule has 1 saturated heterocycles. The molecular formula is C32H33NO6S. The number of methoxy groups -OCH3 is 3. The molecule has 0 radical (unpaired) electrons. The van der Waals surface area contributed by atoms with Crippen LogP contribution < -0.4 is 14.2 Å². The van der Waals surface area contributed by atoms with E-state index in [1.807, 2.05) is 54.6 Å². The molecule has 3 aromatic carbocycles. The number of benzene rings is 3. The van der Waals surface area contributed by atoms with Gasteiger partial charge in [0.25, 0.3) is 0 Å². The van der Waals surface area contributed by atoms with Gasteiger partial charge in [-0.1, -0.05) is 6.42 Å². The van der Waals surface area contributed by atoms with Crippen LogP contribution in [0.25, 0.3) is 20.5 Å². The Morgan fingerprint density at radius 1 is 0.875 bits per heavy atom. The molecule has 1 aromatic heterocycles. The van der Waals surface area contributed by atoms with Gasteiger partial charge in [0.05, 0.1) is 21.3 Å². The molecule has 0 aliphatic carbocycles. The van der Waals surface area contributed by atoms with E-state index in [0.717, 1.165) is 57.8 Å². The van der Waals surface area contributed by atoms with E-state index in [-0.39, 0.29) is 17.8 Å². The maximum absolute atomic E-state index is 13.9. The average Bonchev–Trinajstić information content (AvgIpc) is 3.39. The molecule has 0 bridgehead atoms. The predicted molar refractivity (Wildman–Crippen MR) is 157 cm³/mol. The summed E-state index contributed by atoms with van der Waals surface area (Å²) in [6.07, 6.45) is 2.90. The fourth-order valence-electron chi connectivity index (χ4n) is 5.16. The molecular weight excluding hydrogens is 526 g/mol. The topological polar surface area (TPSA) is 74.3 Å². The van der Waals surface area contributed by atoms with E-state index >= 15 is 0 Å². The quantitative estimate of drug-likeness (QED) is 0.169. The first-order chi connectivity index (χ1) is 19.5. The van der Waals surface area contributed by atoms with Crippen LogP contribution in [0.3, 0.4) is 0 Å². The number of hydrogen-bond acceptors (Lipinski definition) is 8. The molecule has 1 unspecified atom stereocenters. The molecule has 4 aromatic rings. The Kier molecular flexibility index (Phi) is 8.67. The number of ether oxygens (including phenoxy) is 4. The first-order valence-corrected chi connectivity index (χ1v) is 14.2. The summed E-state index contributed by atoms with van der Waals surface area (Å²) >= 11 is 1.57. The summed E-state index contributed by atoms with van der Waals surface area (Å²) in [5.74, 6) is 1.95. The lowest BCUT2D eigenvalue weighted by molar-refractivity contribution is -0.148. The van der Waals surface area contributed by atoms with Crippen molar-refractivity contribution in [2.45, 2.75) is 25.3 Å². The lowest BCUT2D eigenvalue weighted by atomic mass is 9.97. The third-order valence-electron chi connectivity index (χ3n) is 7.33. The summed E-state index contributed by atoms with van der Waals surface area (Å²) in [6.45, 7) is 1.93. The number of piperidine rings is 1. The highest BCUT2D eigenvalue weighted by Gasteiger charge is 2.29. The molecule has 40 heavy (non-hydrogen) atoms. The van der Waals surface area contributed by atoms with E-state index in [1.54, 1.807) is 37.7 Å². The van der Waals surface area contributed by atoms with Crippen LogP contribution in [0.15, 0.2) is 66.7 Å². The van der Waals surface area contributed by atoms with Crippen molar-refractivity contribution in [3.63, 3.8) is 0 Å². The van der Waals surface area contributed by atoms with E-state index < -0.39 is 0 Å². The fraction of sp³-hybridized carbons (Fsp3) is 0.312. The number of thiophene rings is 1. The minimum Gasteiger partial charge on any atom is -0.497 e. The first-order valence-electron chi connectivity index (χ1n) is 13.4. The summed E-state index contributed by atoms with van der Waals surface area (Å²) in [5, 5.41) is 0.892. The Hall–Kier alpha value is -3.88. The molecule has 0 N–H and O–H groups in total. The minimum atomic E-state index is -0.206. The lowest BCUT2D eigenvalue weighted by Crippen LogP contribution is -2.46. The summed E-state index contributed by atoms with van der Waals surface area (Å²) in [7, 11) is 4.71. The van der Waals surface area contributed by atoms with Gasteiger partial charge >= 0.3 is 5.97 Å². The lowest BCUT2D eigenvalue weighted by Gasteiger charge is -2.33. The number of carbonyl (C=O) groups is 2. The molecule has 208 valence electrons. The van der Waals surface area contributed by atoms with E-state index in [1.165, 1.54) is 7.11 Å². The van der Waals surface area contributed by atoms with Crippen molar-refractivity contribution in [3.8, 4) is 27.7 Å². The standard InChI is InChI=1S/C32H33NO6S/c1-36-23-11-9-22(10-12-23)31-29(26-16-15-25(37-2)20-28(26)40-31)30(34)21-7-13-24(14-8-21)39-19-18-33-17-5-4-6-27(33)32(35)38-3/h7-16,20,27H,4-6,17-19H2,1-3H3. The van der Waals surface area contributed by atoms with Crippen molar-refractivity contribution < 1.29 is 28.5 Å². The van der Waals surface area contributed by atoms with Crippen LogP contribution in [0.2, 0.25) is 0 Å². The van der Waals surface area contributed by atoms with Crippen molar-refractivity contribution in [2.75, 3.05) is 41.0 Å². The van der Waals surface area contributed by atoms with Gasteiger partial charge in [-0.3, -0.25) is 14.5 Å². The second kappa shape index (κ2) is 12.5. The molecule has 8 heteroatoms. The number of hydrogen-bond donors (Lipinski definition) is 0. The van der Waals surface area contributed by atoms with E-state index in [2.05, 4.69) is 4.90 Å². The third kappa shape index (κ3) is 5.83. The largest absolute Gasteiger partial charge is 0.497 e. The first kappa shape index (κ1) is 27.7. The maximum Gasteiger partial charge on any atom is 0.323 e. The number of esters is 1. The van der Waals surface area contributed by atoms with Gasteiger partial charge in [-0.05, 0) is 91.7 Å². The number of fused-ring (bicyclic) bond motifs is 1. The van der Waals surface area contributed by atoms with Crippen LogP contribution in [-0.2, 0) is 9.53 Å². The predicted octanol–water partition coefficient (Wildman–Crippen LogP) is 6.22. The average molecular weight is 560 g/mol. The smallest absolute Gasteiger partial charge is 0.323 e. The number of rotatable bonds is 10. The van der Waals surface area contributed by atoms with Gasteiger partial charge < -0.3 is 18.9 Å². The van der Waals surface area contributed by atoms with Crippen LogP contribution in [0, 0.1) is 0 Å². The SMILES string of the molecule is COC(=O)C1CCCCN1CCOc1ccc(C(=O)c2c(-c3ccc(OC)cc3)sc3cc(OC)ccc23)cc1. The number of nitrogens with zero attached hydrogens (tertiary/aromatic N) is 1. The molecule has 1 aliphatic heterocycles. The Bertz CT molecular complexity index is 1480. The second-order valence-electron chi connectivity index (χ2n) is 9.67. The minimum absolute atomic E-state index is 0.0528. The highest BCUT2D eigenvalue weighted by atomic mass is 32.1. The van der Waals surface area contributed by atoms with Crippen molar-refractivity contribution in [1.82, 2.24) is 4.90 Å². The van der Waals surface area contributed by atoms with Gasteiger partial charge in [0.1, 0.15) is 29.9 Å². The molecule has 0 saturated carbocycles.